The third kappa shape index (κ3) is 15.4. The molecule has 0 radical (unpaired) electrons. The zero-order valence-corrected chi connectivity index (χ0v) is 38.7. The van der Waals surface area contributed by atoms with Gasteiger partial charge >= 0.3 is 5.97 Å². The van der Waals surface area contributed by atoms with Gasteiger partial charge in [-0.1, -0.05) is 78.9 Å². The Labute approximate surface area is 363 Å². The number of benzene rings is 1. The molecule has 1 fully saturated rings. The fraction of sp³-hybridized carbons (Fsp3) is 0.717. The van der Waals surface area contributed by atoms with Crippen molar-refractivity contribution in [3.63, 3.8) is 0 Å². The van der Waals surface area contributed by atoms with E-state index in [1.54, 1.807) is 19.2 Å². The number of thiazole rings is 1. The minimum absolute atomic E-state index is 0.0116. The lowest BCUT2D eigenvalue weighted by molar-refractivity contribution is -0.147. The lowest BCUT2D eigenvalue weighted by Crippen LogP contribution is -2.59. The molecule has 0 aliphatic carbocycles. The highest BCUT2D eigenvalue weighted by Crippen LogP contribution is 2.32. The highest BCUT2D eigenvalue weighted by molar-refractivity contribution is 7.09. The Morgan fingerprint density at radius 3 is 2.35 bits per heavy atom. The number of piperidine rings is 1. The van der Waals surface area contributed by atoms with E-state index in [9.17, 15) is 24.3 Å². The molecule has 60 heavy (non-hydrogen) atoms. The molecule has 0 unspecified atom stereocenters. The summed E-state index contributed by atoms with van der Waals surface area (Å²) in [5.41, 5.74) is 0.910. The fourth-order valence-corrected chi connectivity index (χ4v) is 8.87. The number of unbranched alkanes of at least 4 members (excludes halogenated alkanes) is 3. The van der Waals surface area contributed by atoms with Crippen molar-refractivity contribution in [2.24, 2.45) is 17.3 Å². The van der Waals surface area contributed by atoms with Gasteiger partial charge in [-0.3, -0.25) is 24.1 Å². The number of carbonyl (C=O) groups is 4. The molecule has 0 saturated carbocycles. The van der Waals surface area contributed by atoms with E-state index in [0.29, 0.717) is 37.5 Å². The molecule has 1 aromatic carbocycles. The molecule has 0 bridgehead atoms. The van der Waals surface area contributed by atoms with Gasteiger partial charge in [-0.25, -0.2) is 4.98 Å². The summed E-state index contributed by atoms with van der Waals surface area (Å²) in [4.78, 5) is 63.6. The molecule has 2 heterocycles. The van der Waals surface area contributed by atoms with Gasteiger partial charge in [0.2, 0.25) is 11.8 Å². The van der Waals surface area contributed by atoms with Crippen LogP contribution in [0.5, 0.6) is 0 Å². The second-order valence-corrected chi connectivity index (χ2v) is 18.5. The number of hydrogen-bond acceptors (Lipinski definition) is 10. The second kappa shape index (κ2) is 25.4. The Morgan fingerprint density at radius 1 is 1.03 bits per heavy atom. The lowest BCUT2D eigenvalue weighted by Gasteiger charge is -2.40. The highest BCUT2D eigenvalue weighted by atomic mass is 32.1. The van der Waals surface area contributed by atoms with Gasteiger partial charge in [-0.2, -0.15) is 0 Å². The van der Waals surface area contributed by atoms with E-state index in [1.807, 2.05) is 50.1 Å². The second-order valence-electron chi connectivity index (χ2n) is 17.6. The fourth-order valence-electron chi connectivity index (χ4n) is 8.01. The van der Waals surface area contributed by atoms with Crippen LogP contribution in [0, 0.1) is 17.3 Å². The third-order valence-electron chi connectivity index (χ3n) is 12.0. The summed E-state index contributed by atoms with van der Waals surface area (Å²) in [6, 6.07) is 6.01. The number of nitrogens with one attached hydrogen (secondary N) is 3. The lowest BCUT2D eigenvalue weighted by atomic mass is 9.84. The zero-order chi connectivity index (χ0) is 44.4. The standard InChI is InChI=1S/C46H76N6O7S/c1-10-13-14-16-25-52(44(56)40(32(6)11-2)50-42(55)37-18-15-17-24-51(37)9)38(31(4)5)28-39(59-12-3)43-49-36(30-60-43)41(54)48-35(29-46(7,8)45(57)58)27-33-19-21-34(22-20-33)47-23-26-53/h19-22,30-32,35,37-40,47,53H,10-18,23-29H2,1-9H3,(H,48,54)(H,50,55)(H,57,58)/t32-,35-,37+,38+,39+,40-/m0/s1. The number of carbonyl (C=O) groups excluding carboxylic acids is 3. The van der Waals surface area contributed by atoms with E-state index < -0.39 is 35.5 Å². The van der Waals surface area contributed by atoms with Crippen molar-refractivity contribution in [2.45, 2.75) is 156 Å². The van der Waals surface area contributed by atoms with Crippen LogP contribution in [0.15, 0.2) is 29.6 Å². The summed E-state index contributed by atoms with van der Waals surface area (Å²) in [6.45, 7) is 18.0. The predicted octanol–water partition coefficient (Wildman–Crippen LogP) is 7.31. The largest absolute Gasteiger partial charge is 0.481 e. The Balaban J connectivity index is 1.90. The van der Waals surface area contributed by atoms with E-state index in [0.717, 1.165) is 69.2 Å². The number of likely N-dealkylation sites (N-methyl/N-ethyl adjacent to an activating group) is 1. The van der Waals surface area contributed by atoms with E-state index in [-0.39, 0.29) is 54.5 Å². The molecule has 5 N–H and O–H groups in total. The summed E-state index contributed by atoms with van der Waals surface area (Å²) in [7, 11) is 1.98. The van der Waals surface area contributed by atoms with Crippen LogP contribution in [-0.4, -0.2) is 113 Å². The van der Waals surface area contributed by atoms with E-state index in [1.165, 1.54) is 11.3 Å². The number of aliphatic hydroxyl groups is 1. The number of nitrogens with zero attached hydrogens (tertiary/aromatic N) is 3. The van der Waals surface area contributed by atoms with Gasteiger partial charge in [0, 0.05) is 49.3 Å². The van der Waals surface area contributed by atoms with E-state index in [4.69, 9.17) is 14.8 Å². The number of anilines is 1. The SMILES string of the molecule is CCCCCCN(C(=O)[C@@H](NC(=O)[C@H]1CCCCN1C)[C@@H](C)CC)[C@H](C[C@@H](OCC)c1nc(C(=O)N[C@@H](Cc2ccc(NCCO)cc2)CC(C)(C)C(=O)O)cs1)C(C)C. The van der Waals surface area contributed by atoms with Crippen LogP contribution in [0.2, 0.25) is 0 Å². The summed E-state index contributed by atoms with van der Waals surface area (Å²) in [6.07, 6.45) is 8.14. The van der Waals surface area contributed by atoms with Gasteiger partial charge < -0.3 is 35.8 Å². The van der Waals surface area contributed by atoms with Crippen molar-refractivity contribution < 1.29 is 34.1 Å². The molecule has 1 aromatic heterocycles. The highest BCUT2D eigenvalue weighted by Gasteiger charge is 2.38. The number of aromatic nitrogens is 1. The van der Waals surface area contributed by atoms with Crippen LogP contribution in [0.3, 0.4) is 0 Å². The van der Waals surface area contributed by atoms with Crippen molar-refractivity contribution in [2.75, 3.05) is 45.2 Å². The van der Waals surface area contributed by atoms with Crippen LogP contribution >= 0.6 is 11.3 Å². The molecule has 1 saturated heterocycles. The molecular weight excluding hydrogens is 781 g/mol. The minimum Gasteiger partial charge on any atom is -0.481 e. The normalized spacial score (nSPS) is 17.4. The maximum absolute atomic E-state index is 14.9. The Bertz CT molecular complexity index is 1620. The maximum Gasteiger partial charge on any atom is 0.309 e. The van der Waals surface area contributed by atoms with Crippen LogP contribution in [0.4, 0.5) is 5.69 Å². The number of carboxylic acid groups (broad SMARTS) is 1. The van der Waals surface area contributed by atoms with Gasteiger partial charge in [-0.05, 0) is 96.0 Å². The molecule has 1 aliphatic rings. The molecule has 0 spiro atoms. The van der Waals surface area contributed by atoms with Gasteiger partial charge in [-0.15, -0.1) is 11.3 Å². The van der Waals surface area contributed by atoms with Crippen LogP contribution in [0.25, 0.3) is 0 Å². The molecule has 338 valence electrons. The van der Waals surface area contributed by atoms with Gasteiger partial charge in [0.25, 0.3) is 5.91 Å². The third-order valence-corrected chi connectivity index (χ3v) is 12.9. The van der Waals surface area contributed by atoms with Crippen molar-refractivity contribution in [3.8, 4) is 0 Å². The number of carboxylic acids is 1. The first-order valence-corrected chi connectivity index (χ1v) is 23.3. The summed E-state index contributed by atoms with van der Waals surface area (Å²) in [5.74, 6) is -1.50. The molecule has 3 rings (SSSR count). The smallest absolute Gasteiger partial charge is 0.309 e. The minimum atomic E-state index is -1.09. The number of likely N-dealkylation sites (tertiary alicyclic amines) is 1. The Hall–Kier alpha value is -3.59. The van der Waals surface area contributed by atoms with Gasteiger partial charge in [0.1, 0.15) is 22.8 Å². The molecule has 6 atom stereocenters. The predicted molar refractivity (Wildman–Crippen MR) is 240 cm³/mol. The summed E-state index contributed by atoms with van der Waals surface area (Å²) < 4.78 is 6.36. The van der Waals surface area contributed by atoms with Gasteiger partial charge in [0.15, 0.2) is 0 Å². The number of amides is 3. The number of hydrogen-bond donors (Lipinski definition) is 5. The first-order chi connectivity index (χ1) is 28.6. The average molecular weight is 857 g/mol. The maximum atomic E-state index is 14.9. The van der Waals surface area contributed by atoms with Gasteiger partial charge in [0.05, 0.1) is 18.1 Å². The molecule has 3 amide bonds. The first kappa shape index (κ1) is 50.8. The Morgan fingerprint density at radius 2 is 1.75 bits per heavy atom. The quantitative estimate of drug-likeness (QED) is 0.0574. The number of aliphatic carboxylic acids is 1. The molecular formula is C46H76N6O7S. The van der Waals surface area contributed by atoms with E-state index >= 15 is 0 Å². The van der Waals surface area contributed by atoms with Crippen molar-refractivity contribution in [1.29, 1.82) is 0 Å². The van der Waals surface area contributed by atoms with Crippen molar-refractivity contribution in [3.05, 3.63) is 45.9 Å². The zero-order valence-electron chi connectivity index (χ0n) is 37.9. The van der Waals surface area contributed by atoms with Crippen LogP contribution in [0.1, 0.15) is 147 Å². The average Bonchev–Trinajstić information content (AvgIpc) is 3.71. The Kier molecular flexibility index (Phi) is 21.5. The topological polar surface area (TPSA) is 173 Å². The molecule has 2 aromatic rings. The van der Waals surface area contributed by atoms with E-state index in [2.05, 4.69) is 48.5 Å². The van der Waals surface area contributed by atoms with Crippen LogP contribution in [-0.2, 0) is 25.5 Å². The molecule has 1 aliphatic heterocycles. The summed E-state index contributed by atoms with van der Waals surface area (Å²) in [5, 5.41) is 30.9. The van der Waals surface area contributed by atoms with Crippen LogP contribution < -0.4 is 16.0 Å². The monoisotopic (exact) mass is 857 g/mol. The molecule has 13 nitrogen and oxygen atoms in total. The van der Waals surface area contributed by atoms with Crippen molar-refractivity contribution in [1.82, 2.24) is 25.4 Å². The molecule has 14 heteroatoms. The number of aliphatic hydroxyl groups excluding tert-OH is 1. The first-order valence-electron chi connectivity index (χ1n) is 22.4. The summed E-state index contributed by atoms with van der Waals surface area (Å²) >= 11 is 1.34. The number of ether oxygens (including phenoxy) is 1. The van der Waals surface area contributed by atoms with Crippen molar-refractivity contribution >= 4 is 40.7 Å². The number of rotatable bonds is 27.